The molecular formula is C21H20N4O3S. The lowest BCUT2D eigenvalue weighted by Crippen LogP contribution is -2.49. The molecule has 1 aliphatic heterocycles. The van der Waals surface area contributed by atoms with E-state index in [1.54, 1.807) is 29.7 Å². The highest BCUT2D eigenvalue weighted by Gasteiger charge is 2.28. The molecule has 0 spiro atoms. The Morgan fingerprint density at radius 3 is 2.62 bits per heavy atom. The Bertz CT molecular complexity index is 999. The van der Waals surface area contributed by atoms with E-state index >= 15 is 0 Å². The van der Waals surface area contributed by atoms with Crippen molar-refractivity contribution < 1.29 is 13.9 Å². The number of hydrogen-bond donors (Lipinski definition) is 0. The molecule has 2 aromatic heterocycles. The maximum atomic E-state index is 12.8. The zero-order valence-electron chi connectivity index (χ0n) is 15.9. The maximum Gasteiger partial charge on any atom is 0.273 e. The molecule has 0 radical (unpaired) electrons. The summed E-state index contributed by atoms with van der Waals surface area (Å²) in [6, 6.07) is 13.2. The third kappa shape index (κ3) is 4.01. The molecule has 0 bridgehead atoms. The summed E-state index contributed by atoms with van der Waals surface area (Å²) < 4.78 is 10.5. The summed E-state index contributed by atoms with van der Waals surface area (Å²) in [7, 11) is 1.62. The number of amides is 1. The number of hydrogen-bond acceptors (Lipinski definition) is 7. The summed E-state index contributed by atoms with van der Waals surface area (Å²) >= 11 is 1.39. The van der Waals surface area contributed by atoms with Crippen molar-refractivity contribution in [3.63, 3.8) is 0 Å². The minimum absolute atomic E-state index is 0.0864. The molecule has 8 heteroatoms. The van der Waals surface area contributed by atoms with Gasteiger partial charge in [-0.2, -0.15) is 5.26 Å². The first-order valence-corrected chi connectivity index (χ1v) is 10.1. The highest BCUT2D eigenvalue weighted by atomic mass is 32.1. The summed E-state index contributed by atoms with van der Waals surface area (Å²) in [5, 5.41) is 12.1. The number of nitriles is 1. The number of carbonyl (C=O) groups is 1. The summed E-state index contributed by atoms with van der Waals surface area (Å²) in [5.74, 6) is 1.34. The average Bonchev–Trinajstić information content (AvgIpc) is 3.47. The van der Waals surface area contributed by atoms with E-state index in [-0.39, 0.29) is 11.9 Å². The average molecular weight is 408 g/mol. The van der Waals surface area contributed by atoms with Crippen molar-refractivity contribution in [3.05, 3.63) is 59.3 Å². The third-order valence-corrected chi connectivity index (χ3v) is 5.83. The van der Waals surface area contributed by atoms with Crippen LogP contribution in [0.25, 0.3) is 10.8 Å². The molecule has 1 unspecified atom stereocenters. The molecule has 0 saturated carbocycles. The second kappa shape index (κ2) is 8.47. The molecule has 0 aliphatic carbocycles. The van der Waals surface area contributed by atoms with Crippen LogP contribution in [-0.4, -0.2) is 54.0 Å². The van der Waals surface area contributed by atoms with E-state index in [4.69, 9.17) is 9.15 Å². The van der Waals surface area contributed by atoms with Crippen molar-refractivity contribution >= 4 is 17.2 Å². The van der Waals surface area contributed by atoms with E-state index in [2.05, 4.69) is 16.0 Å². The van der Waals surface area contributed by atoms with Gasteiger partial charge in [-0.25, -0.2) is 4.98 Å². The van der Waals surface area contributed by atoms with Gasteiger partial charge < -0.3 is 14.1 Å². The quantitative estimate of drug-likeness (QED) is 0.643. The van der Waals surface area contributed by atoms with Gasteiger partial charge in [-0.1, -0.05) is 12.1 Å². The number of aromatic nitrogens is 1. The lowest BCUT2D eigenvalue weighted by molar-refractivity contribution is 0.0601. The maximum absolute atomic E-state index is 12.8. The zero-order chi connectivity index (χ0) is 20.2. The van der Waals surface area contributed by atoms with E-state index in [0.29, 0.717) is 42.6 Å². The molecule has 3 heterocycles. The fourth-order valence-electron chi connectivity index (χ4n) is 3.38. The predicted molar refractivity (Wildman–Crippen MR) is 109 cm³/mol. The Morgan fingerprint density at radius 2 is 2.00 bits per heavy atom. The number of furan rings is 1. The molecule has 1 atom stereocenters. The fraction of sp³-hybridized carbons (Fsp3) is 0.286. The molecule has 1 aliphatic rings. The van der Waals surface area contributed by atoms with Gasteiger partial charge in [-0.15, -0.1) is 11.3 Å². The van der Waals surface area contributed by atoms with Crippen molar-refractivity contribution in [2.24, 2.45) is 0 Å². The molecule has 29 heavy (non-hydrogen) atoms. The zero-order valence-corrected chi connectivity index (χ0v) is 16.8. The van der Waals surface area contributed by atoms with Crippen LogP contribution >= 0.6 is 11.3 Å². The summed E-state index contributed by atoms with van der Waals surface area (Å²) in [5.41, 5.74) is 1.36. The van der Waals surface area contributed by atoms with Gasteiger partial charge in [0.15, 0.2) is 10.8 Å². The van der Waals surface area contributed by atoms with Gasteiger partial charge in [-0.05, 0) is 29.8 Å². The van der Waals surface area contributed by atoms with Crippen LogP contribution in [0.4, 0.5) is 0 Å². The number of piperazine rings is 1. The second-order valence-electron chi connectivity index (χ2n) is 6.65. The molecule has 7 nitrogen and oxygen atoms in total. The molecule has 1 fully saturated rings. The lowest BCUT2D eigenvalue weighted by Gasteiger charge is -2.36. The van der Waals surface area contributed by atoms with Crippen LogP contribution in [-0.2, 0) is 0 Å². The molecule has 4 rings (SSSR count). The van der Waals surface area contributed by atoms with Crippen LogP contribution < -0.4 is 4.74 Å². The molecule has 1 amide bonds. The van der Waals surface area contributed by atoms with Crippen molar-refractivity contribution in [1.29, 1.82) is 5.26 Å². The van der Waals surface area contributed by atoms with Crippen molar-refractivity contribution in [2.75, 3.05) is 33.3 Å². The van der Waals surface area contributed by atoms with E-state index in [0.717, 1.165) is 11.3 Å². The van der Waals surface area contributed by atoms with Crippen molar-refractivity contribution in [3.8, 4) is 22.6 Å². The standard InChI is InChI=1S/C21H20N4O3S/c1-27-16-6-4-15(5-7-16)18(13-22)24-8-10-25(11-9-24)21(26)17-14-29-20(23-17)19-3-2-12-28-19/h2-7,12,14,18H,8-11H2,1H3. The number of benzene rings is 1. The normalized spacial score (nSPS) is 15.7. The van der Waals surface area contributed by atoms with E-state index < -0.39 is 0 Å². The Kier molecular flexibility index (Phi) is 5.60. The number of thiazole rings is 1. The second-order valence-corrected chi connectivity index (χ2v) is 7.51. The lowest BCUT2D eigenvalue weighted by atomic mass is 10.1. The van der Waals surface area contributed by atoms with Crippen LogP contribution in [0.2, 0.25) is 0 Å². The van der Waals surface area contributed by atoms with Crippen LogP contribution in [0.1, 0.15) is 22.1 Å². The fourth-order valence-corrected chi connectivity index (χ4v) is 4.14. The Hall–Kier alpha value is -3.15. The predicted octanol–water partition coefficient (Wildman–Crippen LogP) is 3.43. The molecule has 1 saturated heterocycles. The number of ether oxygens (including phenoxy) is 1. The van der Waals surface area contributed by atoms with E-state index in [1.807, 2.05) is 30.3 Å². The van der Waals surface area contributed by atoms with Crippen LogP contribution in [0.15, 0.2) is 52.5 Å². The third-order valence-electron chi connectivity index (χ3n) is 4.98. The minimum Gasteiger partial charge on any atom is -0.497 e. The SMILES string of the molecule is COc1ccc(C(C#N)N2CCN(C(=O)c3csc(-c4ccco4)n3)CC2)cc1. The van der Waals surface area contributed by atoms with Crippen molar-refractivity contribution in [2.45, 2.75) is 6.04 Å². The smallest absolute Gasteiger partial charge is 0.273 e. The van der Waals surface area contributed by atoms with Gasteiger partial charge in [0.1, 0.15) is 17.5 Å². The number of nitrogens with zero attached hydrogens (tertiary/aromatic N) is 4. The molecule has 3 aromatic rings. The van der Waals surface area contributed by atoms with Gasteiger partial charge >= 0.3 is 0 Å². The number of methoxy groups -OCH3 is 1. The Labute approximate surface area is 172 Å². The van der Waals surface area contributed by atoms with Gasteiger partial charge in [0, 0.05) is 31.6 Å². The van der Waals surface area contributed by atoms with E-state index in [9.17, 15) is 10.1 Å². The topological polar surface area (TPSA) is 82.6 Å². The first-order chi connectivity index (χ1) is 14.2. The van der Waals surface area contributed by atoms with Gasteiger partial charge in [-0.3, -0.25) is 9.69 Å². The van der Waals surface area contributed by atoms with Gasteiger partial charge in [0.05, 0.1) is 19.4 Å². The first kappa shape index (κ1) is 19.2. The Balaban J connectivity index is 1.39. The van der Waals surface area contributed by atoms with Gasteiger partial charge in [0.25, 0.3) is 5.91 Å². The molecule has 1 aromatic carbocycles. The largest absolute Gasteiger partial charge is 0.497 e. The van der Waals surface area contributed by atoms with Gasteiger partial charge in [0.2, 0.25) is 0 Å². The summed E-state index contributed by atoms with van der Waals surface area (Å²) in [6.07, 6.45) is 1.59. The number of carbonyl (C=O) groups excluding carboxylic acids is 1. The van der Waals surface area contributed by atoms with Crippen LogP contribution in [0, 0.1) is 11.3 Å². The van der Waals surface area contributed by atoms with Crippen LogP contribution in [0.5, 0.6) is 5.75 Å². The summed E-state index contributed by atoms with van der Waals surface area (Å²) in [4.78, 5) is 21.1. The van der Waals surface area contributed by atoms with Crippen LogP contribution in [0.3, 0.4) is 0 Å². The van der Waals surface area contributed by atoms with E-state index in [1.165, 1.54) is 11.3 Å². The minimum atomic E-state index is -0.344. The number of rotatable bonds is 5. The molecule has 0 N–H and O–H groups in total. The first-order valence-electron chi connectivity index (χ1n) is 9.26. The summed E-state index contributed by atoms with van der Waals surface area (Å²) in [6.45, 7) is 2.37. The highest BCUT2D eigenvalue weighted by Crippen LogP contribution is 2.26. The Morgan fingerprint density at radius 1 is 1.24 bits per heavy atom. The molecule has 148 valence electrons. The monoisotopic (exact) mass is 408 g/mol. The highest BCUT2D eigenvalue weighted by molar-refractivity contribution is 7.13. The molecular weight excluding hydrogens is 388 g/mol. The van der Waals surface area contributed by atoms with Crippen molar-refractivity contribution in [1.82, 2.24) is 14.8 Å².